The van der Waals surface area contributed by atoms with E-state index in [0.29, 0.717) is 0 Å². The third kappa shape index (κ3) is 2.16. The first-order chi connectivity index (χ1) is 13.8. The van der Waals surface area contributed by atoms with Gasteiger partial charge in [0.05, 0.1) is 0 Å². The molecule has 4 aromatic carbocycles. The molecular weight excluding hydrogens is 343 g/mol. The molecule has 28 heavy (non-hydrogen) atoms. The number of fused-ring (bicyclic) bond motifs is 4. The summed E-state index contributed by atoms with van der Waals surface area (Å²) < 4.78 is 12.7. The quantitative estimate of drug-likeness (QED) is 0.405. The molecular formula is C25H17BO2. The molecule has 0 unspecified atom stereocenters. The number of rotatable bonds is 1. The maximum absolute atomic E-state index is 6.48. The third-order valence-electron chi connectivity index (χ3n) is 5.70. The summed E-state index contributed by atoms with van der Waals surface area (Å²) in [6.07, 6.45) is 0. The topological polar surface area (TPSA) is 18.5 Å². The summed E-state index contributed by atoms with van der Waals surface area (Å²) in [5, 5.41) is 0. The predicted molar refractivity (Wildman–Crippen MR) is 114 cm³/mol. The molecule has 2 aliphatic heterocycles. The molecule has 0 bridgehead atoms. The largest absolute Gasteiger partial charge is 0.458 e. The van der Waals surface area contributed by atoms with Crippen molar-refractivity contribution < 1.29 is 9.47 Å². The first kappa shape index (κ1) is 15.6. The zero-order chi connectivity index (χ0) is 18.7. The van der Waals surface area contributed by atoms with Crippen LogP contribution in [-0.2, 0) is 0 Å². The number of aryl methyl sites for hydroxylation is 1. The predicted octanol–water partition coefficient (Wildman–Crippen LogP) is 4.39. The summed E-state index contributed by atoms with van der Waals surface area (Å²) >= 11 is 0. The zero-order valence-corrected chi connectivity index (χ0v) is 15.5. The van der Waals surface area contributed by atoms with Gasteiger partial charge in [0.2, 0.25) is 0 Å². The van der Waals surface area contributed by atoms with E-state index in [2.05, 4.69) is 73.7 Å². The molecule has 4 aromatic rings. The second-order valence-corrected chi connectivity index (χ2v) is 7.43. The molecule has 0 amide bonds. The van der Waals surface area contributed by atoms with Crippen molar-refractivity contribution in [2.75, 3.05) is 0 Å². The van der Waals surface area contributed by atoms with E-state index in [1.807, 2.05) is 18.2 Å². The van der Waals surface area contributed by atoms with E-state index in [0.717, 1.165) is 39.6 Å². The van der Waals surface area contributed by atoms with E-state index < -0.39 is 0 Å². The van der Waals surface area contributed by atoms with Gasteiger partial charge in [-0.15, -0.1) is 0 Å². The van der Waals surface area contributed by atoms with Crippen LogP contribution in [0.25, 0.3) is 11.1 Å². The highest BCUT2D eigenvalue weighted by Gasteiger charge is 2.40. The maximum Gasteiger partial charge on any atom is 0.260 e. The standard InChI is InChI=1S/C25H17BO2/c1-16-10-12-17(13-11-16)18-14-15-23-24-25(18)28-22-9-5-3-7-20(22)26(24)19-6-2-4-8-21(19)27-23/h2-15H,1H3. The van der Waals surface area contributed by atoms with E-state index in [4.69, 9.17) is 9.47 Å². The van der Waals surface area contributed by atoms with Crippen LogP contribution in [-0.4, -0.2) is 6.71 Å². The number of benzene rings is 4. The molecule has 0 spiro atoms. The Bertz CT molecular complexity index is 1220. The highest BCUT2D eigenvalue weighted by Crippen LogP contribution is 2.40. The summed E-state index contributed by atoms with van der Waals surface area (Å²) in [4.78, 5) is 0. The number of hydrogen-bond donors (Lipinski definition) is 0. The van der Waals surface area contributed by atoms with Crippen LogP contribution in [0.3, 0.4) is 0 Å². The van der Waals surface area contributed by atoms with Gasteiger partial charge in [-0.25, -0.2) is 0 Å². The minimum Gasteiger partial charge on any atom is -0.458 e. The van der Waals surface area contributed by atoms with Crippen LogP contribution in [0.2, 0.25) is 0 Å². The Morgan fingerprint density at radius 1 is 0.607 bits per heavy atom. The first-order valence-electron chi connectivity index (χ1n) is 9.57. The summed E-state index contributed by atoms with van der Waals surface area (Å²) in [6.45, 7) is 2.22. The minimum atomic E-state index is 0.116. The average Bonchev–Trinajstić information content (AvgIpc) is 2.74. The SMILES string of the molecule is Cc1ccc(-c2ccc3c4c2Oc2ccccc2B4c2ccccc2O3)cc1. The van der Waals surface area contributed by atoms with Crippen LogP contribution >= 0.6 is 0 Å². The summed E-state index contributed by atoms with van der Waals surface area (Å²) in [5.41, 5.74) is 7.00. The monoisotopic (exact) mass is 360 g/mol. The number of hydrogen-bond acceptors (Lipinski definition) is 2. The Labute approximate surface area is 164 Å². The average molecular weight is 360 g/mol. The Morgan fingerprint density at radius 3 is 1.96 bits per heavy atom. The van der Waals surface area contributed by atoms with Crippen molar-refractivity contribution in [3.05, 3.63) is 90.5 Å². The molecule has 0 N–H and O–H groups in total. The first-order valence-corrected chi connectivity index (χ1v) is 9.57. The summed E-state index contributed by atoms with van der Waals surface area (Å²) in [6, 6.07) is 29.4. The van der Waals surface area contributed by atoms with Crippen LogP contribution in [0.5, 0.6) is 23.0 Å². The normalized spacial score (nSPS) is 13.0. The molecule has 2 heterocycles. The van der Waals surface area contributed by atoms with Crippen molar-refractivity contribution in [2.24, 2.45) is 0 Å². The third-order valence-corrected chi connectivity index (χ3v) is 5.70. The molecule has 3 heteroatoms. The Hall–Kier alpha value is -3.46. The van der Waals surface area contributed by atoms with Gasteiger partial charge >= 0.3 is 0 Å². The van der Waals surface area contributed by atoms with E-state index >= 15 is 0 Å². The van der Waals surface area contributed by atoms with Gasteiger partial charge in [0.1, 0.15) is 23.0 Å². The molecule has 0 radical (unpaired) electrons. The van der Waals surface area contributed by atoms with Gasteiger partial charge in [-0.05, 0) is 47.7 Å². The Morgan fingerprint density at radius 2 is 1.25 bits per heavy atom. The van der Waals surface area contributed by atoms with Crippen molar-refractivity contribution >= 4 is 23.1 Å². The molecule has 0 saturated carbocycles. The Kier molecular flexibility index (Phi) is 3.21. The van der Waals surface area contributed by atoms with Crippen molar-refractivity contribution in [1.82, 2.24) is 0 Å². The molecule has 0 fully saturated rings. The van der Waals surface area contributed by atoms with Crippen LogP contribution in [0.4, 0.5) is 0 Å². The highest BCUT2D eigenvalue weighted by molar-refractivity contribution is 6.98. The van der Waals surface area contributed by atoms with Crippen LogP contribution in [0.1, 0.15) is 5.56 Å². The van der Waals surface area contributed by atoms with E-state index in [1.165, 1.54) is 16.5 Å². The van der Waals surface area contributed by atoms with Gasteiger partial charge < -0.3 is 9.47 Å². The van der Waals surface area contributed by atoms with Crippen molar-refractivity contribution in [3.63, 3.8) is 0 Å². The van der Waals surface area contributed by atoms with Gasteiger partial charge in [0.25, 0.3) is 6.71 Å². The van der Waals surface area contributed by atoms with Crippen LogP contribution < -0.4 is 25.9 Å². The smallest absolute Gasteiger partial charge is 0.260 e. The number of ether oxygens (including phenoxy) is 2. The van der Waals surface area contributed by atoms with Gasteiger partial charge in [0.15, 0.2) is 0 Å². The van der Waals surface area contributed by atoms with Crippen LogP contribution in [0.15, 0.2) is 84.9 Å². The summed E-state index contributed by atoms with van der Waals surface area (Å²) in [7, 11) is 0. The van der Waals surface area contributed by atoms with Gasteiger partial charge in [-0.3, -0.25) is 0 Å². The molecule has 0 atom stereocenters. The second-order valence-electron chi connectivity index (χ2n) is 7.43. The van der Waals surface area contributed by atoms with E-state index in [1.54, 1.807) is 0 Å². The molecule has 2 nitrogen and oxygen atoms in total. The molecule has 0 aromatic heterocycles. The fourth-order valence-electron chi connectivity index (χ4n) is 4.35. The van der Waals surface area contributed by atoms with Gasteiger partial charge in [-0.1, -0.05) is 66.2 Å². The molecule has 0 aliphatic carbocycles. The molecule has 2 aliphatic rings. The lowest BCUT2D eigenvalue weighted by Crippen LogP contribution is -2.57. The lowest BCUT2D eigenvalue weighted by molar-refractivity contribution is 0.465. The van der Waals surface area contributed by atoms with Crippen molar-refractivity contribution in [1.29, 1.82) is 0 Å². The fourth-order valence-corrected chi connectivity index (χ4v) is 4.35. The van der Waals surface area contributed by atoms with Crippen LogP contribution in [0, 0.1) is 6.92 Å². The molecule has 132 valence electrons. The fraction of sp³-hybridized carbons (Fsp3) is 0.0400. The van der Waals surface area contributed by atoms with Gasteiger partial charge in [-0.2, -0.15) is 0 Å². The molecule has 0 saturated heterocycles. The highest BCUT2D eigenvalue weighted by atomic mass is 16.5. The lowest BCUT2D eigenvalue weighted by atomic mass is 9.34. The second kappa shape index (κ2) is 5.77. The maximum atomic E-state index is 6.48. The van der Waals surface area contributed by atoms with E-state index in [-0.39, 0.29) is 6.71 Å². The summed E-state index contributed by atoms with van der Waals surface area (Å²) in [5.74, 6) is 3.62. The van der Waals surface area contributed by atoms with E-state index in [9.17, 15) is 0 Å². The lowest BCUT2D eigenvalue weighted by Gasteiger charge is -2.33. The Balaban J connectivity index is 1.65. The zero-order valence-electron chi connectivity index (χ0n) is 15.5. The molecule has 6 rings (SSSR count). The minimum absolute atomic E-state index is 0.116. The number of para-hydroxylation sites is 2. The van der Waals surface area contributed by atoms with Gasteiger partial charge in [0, 0.05) is 11.0 Å². The van der Waals surface area contributed by atoms with Crippen molar-refractivity contribution in [3.8, 4) is 34.1 Å². The van der Waals surface area contributed by atoms with Crippen molar-refractivity contribution in [2.45, 2.75) is 6.92 Å².